The molecular weight excluding hydrogens is 382 g/mol. The Morgan fingerprint density at radius 3 is 2.73 bits per heavy atom. The molecule has 0 saturated heterocycles. The first-order chi connectivity index (χ1) is 14.7. The van der Waals surface area contributed by atoms with Gasteiger partial charge in [-0.2, -0.15) is 0 Å². The number of rotatable bonds is 6. The Morgan fingerprint density at radius 1 is 1.23 bits per heavy atom. The van der Waals surface area contributed by atoms with E-state index in [1.54, 1.807) is 19.1 Å². The zero-order chi connectivity index (χ0) is 20.9. The van der Waals surface area contributed by atoms with Gasteiger partial charge in [-0.25, -0.2) is 9.59 Å². The van der Waals surface area contributed by atoms with Gasteiger partial charge in [0.25, 0.3) is 0 Å². The van der Waals surface area contributed by atoms with Gasteiger partial charge in [0.05, 0.1) is 18.4 Å². The van der Waals surface area contributed by atoms with E-state index in [1.807, 2.05) is 18.2 Å². The molecule has 30 heavy (non-hydrogen) atoms. The number of hydrogen-bond acceptors (Lipinski definition) is 5. The smallest absolute Gasteiger partial charge is 0.338 e. The fourth-order valence-corrected chi connectivity index (χ4v) is 3.85. The van der Waals surface area contributed by atoms with Crippen LogP contribution in [0.2, 0.25) is 0 Å². The highest BCUT2D eigenvalue weighted by molar-refractivity contribution is 5.95. The molecule has 0 unspecified atom stereocenters. The average Bonchev–Trinajstić information content (AvgIpc) is 3.29. The van der Waals surface area contributed by atoms with Gasteiger partial charge in [-0.3, -0.25) is 4.90 Å². The highest BCUT2D eigenvalue weighted by Crippen LogP contribution is 2.29. The second-order valence-electron chi connectivity index (χ2n) is 7.24. The molecule has 1 aromatic heterocycles. The summed E-state index contributed by atoms with van der Waals surface area (Å²) in [5.74, 6) is 0.0363. The Kier molecular flexibility index (Phi) is 5.99. The lowest BCUT2D eigenvalue weighted by molar-refractivity contribution is -0.139. The Labute approximate surface area is 175 Å². The third kappa shape index (κ3) is 4.31. The molecule has 4 rings (SSSR count). The predicted molar refractivity (Wildman–Crippen MR) is 112 cm³/mol. The first-order valence-electron chi connectivity index (χ1n) is 10.1. The molecule has 7 heteroatoms. The summed E-state index contributed by atoms with van der Waals surface area (Å²) in [4.78, 5) is 27.3. The molecule has 0 radical (unpaired) electrons. The van der Waals surface area contributed by atoms with Crippen molar-refractivity contribution >= 4 is 17.6 Å². The van der Waals surface area contributed by atoms with E-state index in [2.05, 4.69) is 33.7 Å². The fourth-order valence-electron chi connectivity index (χ4n) is 3.85. The SMILES string of the molecule is CCOC(=O)C1=C(CN2CC=C(c3ccccc3)CC2)NC(=O)N[C@H]1c1ccco1. The zero-order valence-electron chi connectivity index (χ0n) is 16.9. The van der Waals surface area contributed by atoms with Crippen molar-refractivity contribution in [2.75, 3.05) is 26.2 Å². The van der Waals surface area contributed by atoms with Crippen LogP contribution in [0.3, 0.4) is 0 Å². The molecule has 0 fully saturated rings. The number of urea groups is 1. The van der Waals surface area contributed by atoms with Crippen molar-refractivity contribution in [3.63, 3.8) is 0 Å². The van der Waals surface area contributed by atoms with Gasteiger partial charge in [-0.1, -0.05) is 36.4 Å². The second kappa shape index (κ2) is 9.00. The third-order valence-corrected chi connectivity index (χ3v) is 5.30. The van der Waals surface area contributed by atoms with Crippen molar-refractivity contribution in [2.24, 2.45) is 0 Å². The summed E-state index contributed by atoms with van der Waals surface area (Å²) in [7, 11) is 0. The summed E-state index contributed by atoms with van der Waals surface area (Å²) >= 11 is 0. The van der Waals surface area contributed by atoms with Gasteiger partial charge < -0.3 is 19.8 Å². The van der Waals surface area contributed by atoms with Crippen LogP contribution in [0.4, 0.5) is 4.79 Å². The maximum atomic E-state index is 12.8. The van der Waals surface area contributed by atoms with Gasteiger partial charge in [0.1, 0.15) is 11.8 Å². The van der Waals surface area contributed by atoms with E-state index in [9.17, 15) is 9.59 Å². The maximum Gasteiger partial charge on any atom is 0.338 e. The number of hydrogen-bond donors (Lipinski definition) is 2. The van der Waals surface area contributed by atoms with E-state index >= 15 is 0 Å². The summed E-state index contributed by atoms with van der Waals surface area (Å²) in [6.45, 7) is 4.02. The predicted octanol–water partition coefficient (Wildman–Crippen LogP) is 3.24. The minimum atomic E-state index is -0.678. The minimum absolute atomic E-state index is 0.251. The van der Waals surface area contributed by atoms with Crippen LogP contribution in [0.15, 0.2) is 70.5 Å². The van der Waals surface area contributed by atoms with Crippen LogP contribution in [0.1, 0.15) is 30.7 Å². The number of nitrogens with one attached hydrogen (secondary N) is 2. The monoisotopic (exact) mass is 407 g/mol. The summed E-state index contributed by atoms with van der Waals surface area (Å²) < 4.78 is 10.8. The molecule has 1 atom stereocenters. The van der Waals surface area contributed by atoms with E-state index < -0.39 is 12.0 Å². The largest absolute Gasteiger partial charge is 0.467 e. The molecule has 1 aromatic carbocycles. The van der Waals surface area contributed by atoms with Crippen LogP contribution >= 0.6 is 0 Å². The molecule has 0 saturated carbocycles. The lowest BCUT2D eigenvalue weighted by Crippen LogP contribution is -2.48. The average molecular weight is 407 g/mol. The van der Waals surface area contributed by atoms with Gasteiger partial charge in [-0.15, -0.1) is 0 Å². The third-order valence-electron chi connectivity index (χ3n) is 5.30. The maximum absolute atomic E-state index is 12.8. The van der Waals surface area contributed by atoms with Crippen LogP contribution in [-0.4, -0.2) is 43.1 Å². The first kappa shape index (κ1) is 20.0. The summed E-state index contributed by atoms with van der Waals surface area (Å²) in [5, 5.41) is 5.58. The number of carbonyl (C=O) groups is 2. The van der Waals surface area contributed by atoms with Crippen LogP contribution in [0.25, 0.3) is 5.57 Å². The normalized spacial score (nSPS) is 19.7. The zero-order valence-corrected chi connectivity index (χ0v) is 16.9. The van der Waals surface area contributed by atoms with Gasteiger partial charge in [0.15, 0.2) is 0 Å². The fraction of sp³-hybridized carbons (Fsp3) is 0.304. The number of benzene rings is 1. The standard InChI is InChI=1S/C23H25N3O4/c1-2-29-22(27)20-18(24-23(28)25-21(20)19-9-6-14-30-19)15-26-12-10-17(11-13-26)16-7-4-3-5-8-16/h3-10,14,21H,2,11-13,15H2,1H3,(H2,24,25,28)/t21-/m0/s1. The Hall–Kier alpha value is -3.32. The molecule has 2 N–H and O–H groups in total. The van der Waals surface area contributed by atoms with Crippen molar-refractivity contribution in [3.8, 4) is 0 Å². The summed E-state index contributed by atoms with van der Waals surface area (Å²) in [5.41, 5.74) is 3.48. The van der Waals surface area contributed by atoms with Crippen molar-refractivity contribution in [3.05, 3.63) is 77.4 Å². The number of nitrogens with zero attached hydrogens (tertiary/aromatic N) is 1. The molecule has 2 aliphatic heterocycles. The lowest BCUT2D eigenvalue weighted by Gasteiger charge is -2.32. The molecule has 7 nitrogen and oxygen atoms in total. The molecule has 0 aliphatic carbocycles. The Bertz CT molecular complexity index is 964. The van der Waals surface area contributed by atoms with E-state index in [4.69, 9.17) is 9.15 Å². The molecular formula is C23H25N3O4. The van der Waals surface area contributed by atoms with E-state index in [-0.39, 0.29) is 12.6 Å². The van der Waals surface area contributed by atoms with Gasteiger partial charge in [0, 0.05) is 25.3 Å². The van der Waals surface area contributed by atoms with E-state index in [0.29, 0.717) is 23.6 Å². The van der Waals surface area contributed by atoms with Crippen molar-refractivity contribution in [1.82, 2.24) is 15.5 Å². The Morgan fingerprint density at radius 2 is 2.07 bits per heavy atom. The number of esters is 1. The molecule has 0 spiro atoms. The van der Waals surface area contributed by atoms with Crippen LogP contribution in [-0.2, 0) is 9.53 Å². The van der Waals surface area contributed by atoms with Crippen LogP contribution in [0.5, 0.6) is 0 Å². The molecule has 156 valence electrons. The second-order valence-corrected chi connectivity index (χ2v) is 7.24. The van der Waals surface area contributed by atoms with Crippen molar-refractivity contribution in [2.45, 2.75) is 19.4 Å². The van der Waals surface area contributed by atoms with Gasteiger partial charge >= 0.3 is 12.0 Å². The van der Waals surface area contributed by atoms with Crippen LogP contribution < -0.4 is 10.6 Å². The number of carbonyl (C=O) groups excluding carboxylic acids is 2. The molecule has 2 amide bonds. The highest BCUT2D eigenvalue weighted by atomic mass is 16.5. The Balaban J connectivity index is 1.58. The molecule has 3 heterocycles. The molecule has 0 bridgehead atoms. The first-order valence-corrected chi connectivity index (χ1v) is 10.1. The summed E-state index contributed by atoms with van der Waals surface area (Å²) in [6.07, 6.45) is 4.63. The quantitative estimate of drug-likeness (QED) is 0.719. The molecule has 2 aromatic rings. The van der Waals surface area contributed by atoms with E-state index in [0.717, 1.165) is 19.5 Å². The lowest BCUT2D eigenvalue weighted by atomic mass is 9.97. The van der Waals surface area contributed by atoms with E-state index in [1.165, 1.54) is 17.4 Å². The minimum Gasteiger partial charge on any atom is -0.467 e. The van der Waals surface area contributed by atoms with Crippen molar-refractivity contribution in [1.29, 1.82) is 0 Å². The van der Waals surface area contributed by atoms with Gasteiger partial charge in [0.2, 0.25) is 0 Å². The number of ether oxygens (including phenoxy) is 1. The molecule has 2 aliphatic rings. The van der Waals surface area contributed by atoms with Crippen LogP contribution in [0, 0.1) is 0 Å². The summed E-state index contributed by atoms with van der Waals surface area (Å²) in [6, 6.07) is 12.7. The van der Waals surface area contributed by atoms with Gasteiger partial charge in [-0.05, 0) is 36.6 Å². The number of amides is 2. The topological polar surface area (TPSA) is 83.8 Å². The highest BCUT2D eigenvalue weighted by Gasteiger charge is 2.35. The number of furan rings is 1. The van der Waals surface area contributed by atoms with Crippen molar-refractivity contribution < 1.29 is 18.7 Å².